The van der Waals surface area contributed by atoms with Gasteiger partial charge in [0.15, 0.2) is 0 Å². The van der Waals surface area contributed by atoms with Crippen LogP contribution in [0, 0.1) is 0 Å². The number of halogens is 3. The van der Waals surface area contributed by atoms with Gasteiger partial charge in [0.25, 0.3) is 0 Å². The number of hydrogen-bond acceptors (Lipinski definition) is 6. The molecule has 10 heteroatoms. The van der Waals surface area contributed by atoms with Crippen LogP contribution >= 0.6 is 7.14 Å². The topological polar surface area (TPSA) is 78.9 Å². The van der Waals surface area contributed by atoms with Crippen LogP contribution in [0.5, 0.6) is 0 Å². The first kappa shape index (κ1) is 20.6. The van der Waals surface area contributed by atoms with Crippen molar-refractivity contribution in [1.82, 2.24) is 15.3 Å². The number of benzene rings is 1. The lowest BCUT2D eigenvalue weighted by molar-refractivity contribution is -0.137. The van der Waals surface area contributed by atoms with Gasteiger partial charge in [-0.3, -0.25) is 0 Å². The van der Waals surface area contributed by atoms with Crippen LogP contribution in [0.3, 0.4) is 0 Å². The molecule has 1 unspecified atom stereocenters. The minimum Gasteiger partial charge on any atom is -0.350 e. The summed E-state index contributed by atoms with van der Waals surface area (Å²) in [5.74, 6) is -0.243. The normalized spacial score (nSPS) is 18.0. The molecule has 0 bridgehead atoms. The Morgan fingerprint density at radius 2 is 2.00 bits per heavy atom. The Labute approximate surface area is 161 Å². The third kappa shape index (κ3) is 5.02. The maximum Gasteiger partial charge on any atom is 0.421 e. The van der Waals surface area contributed by atoms with Crippen molar-refractivity contribution >= 4 is 29.9 Å². The predicted octanol–water partition coefficient (Wildman–Crippen LogP) is 3.65. The lowest BCUT2D eigenvalue weighted by Gasteiger charge is -2.24. The summed E-state index contributed by atoms with van der Waals surface area (Å²) in [7, 11) is -2.70. The van der Waals surface area contributed by atoms with Crippen LogP contribution in [0.2, 0.25) is 0 Å². The van der Waals surface area contributed by atoms with E-state index < -0.39 is 18.9 Å². The SMILES string of the molecule is CP(C)(=O)c1ccccc1Nc1nc(NC2CCCNC2)ncc1C(F)(F)F. The van der Waals surface area contributed by atoms with Gasteiger partial charge in [-0.15, -0.1) is 0 Å². The number of aromatic nitrogens is 2. The van der Waals surface area contributed by atoms with Gasteiger partial charge in [0.05, 0.1) is 5.69 Å². The molecule has 2 heterocycles. The Balaban J connectivity index is 1.96. The van der Waals surface area contributed by atoms with Crippen molar-refractivity contribution < 1.29 is 17.7 Å². The van der Waals surface area contributed by atoms with E-state index in [-0.39, 0.29) is 17.8 Å². The zero-order valence-corrected chi connectivity index (χ0v) is 16.6. The number of nitrogens with zero attached hydrogens (tertiary/aromatic N) is 2. The first-order valence-corrected chi connectivity index (χ1v) is 11.6. The van der Waals surface area contributed by atoms with Gasteiger partial charge in [0.2, 0.25) is 5.95 Å². The third-order valence-corrected chi connectivity index (χ3v) is 6.01. The van der Waals surface area contributed by atoms with E-state index in [1.54, 1.807) is 37.6 Å². The number of rotatable bonds is 5. The van der Waals surface area contributed by atoms with Gasteiger partial charge in [-0.05, 0) is 44.8 Å². The molecule has 0 amide bonds. The molecule has 0 spiro atoms. The van der Waals surface area contributed by atoms with Crippen LogP contribution in [0.15, 0.2) is 30.5 Å². The summed E-state index contributed by atoms with van der Waals surface area (Å²) in [6, 6.07) is 6.66. The molecule has 0 radical (unpaired) electrons. The quantitative estimate of drug-likeness (QED) is 0.650. The van der Waals surface area contributed by atoms with Gasteiger partial charge in [0, 0.05) is 24.1 Å². The van der Waals surface area contributed by atoms with Crippen LogP contribution in [-0.2, 0) is 10.7 Å². The number of alkyl halides is 3. The average molecular weight is 413 g/mol. The summed E-state index contributed by atoms with van der Waals surface area (Å²) < 4.78 is 52.9. The fraction of sp³-hybridized carbons (Fsp3) is 0.444. The largest absolute Gasteiger partial charge is 0.421 e. The van der Waals surface area contributed by atoms with Gasteiger partial charge < -0.3 is 20.5 Å². The second-order valence-electron chi connectivity index (χ2n) is 7.13. The van der Waals surface area contributed by atoms with Gasteiger partial charge in [-0.25, -0.2) is 4.98 Å². The highest BCUT2D eigenvalue weighted by Gasteiger charge is 2.36. The summed E-state index contributed by atoms with van der Waals surface area (Å²) in [5.41, 5.74) is -0.637. The van der Waals surface area contributed by atoms with Crippen molar-refractivity contribution in [3.05, 3.63) is 36.0 Å². The van der Waals surface area contributed by atoms with E-state index in [2.05, 4.69) is 25.9 Å². The molecule has 3 N–H and O–H groups in total. The fourth-order valence-corrected chi connectivity index (χ4v) is 4.24. The molecule has 28 heavy (non-hydrogen) atoms. The van der Waals surface area contributed by atoms with Crippen molar-refractivity contribution in [3.63, 3.8) is 0 Å². The molecule has 1 atom stereocenters. The third-order valence-electron chi connectivity index (χ3n) is 4.46. The monoisotopic (exact) mass is 413 g/mol. The molecule has 1 saturated heterocycles. The molecule has 1 aromatic heterocycles. The number of piperidine rings is 1. The Hall–Kier alpha value is -2.12. The predicted molar refractivity (Wildman–Crippen MR) is 105 cm³/mol. The molecule has 0 saturated carbocycles. The molecule has 2 aromatic rings. The molecule has 1 aromatic carbocycles. The summed E-state index contributed by atoms with van der Waals surface area (Å²) >= 11 is 0. The van der Waals surface area contributed by atoms with E-state index in [0.717, 1.165) is 25.6 Å². The van der Waals surface area contributed by atoms with Gasteiger partial charge in [-0.1, -0.05) is 12.1 Å². The fourth-order valence-electron chi connectivity index (χ4n) is 3.09. The zero-order valence-electron chi connectivity index (χ0n) is 15.7. The molecule has 3 rings (SSSR count). The number of anilines is 3. The average Bonchev–Trinajstić information content (AvgIpc) is 2.61. The second kappa shape index (κ2) is 8.09. The zero-order chi connectivity index (χ0) is 20.4. The minimum atomic E-state index is -4.62. The Kier molecular flexibility index (Phi) is 5.95. The van der Waals surface area contributed by atoms with Crippen molar-refractivity contribution in [2.45, 2.75) is 25.1 Å². The lowest BCUT2D eigenvalue weighted by atomic mass is 10.1. The summed E-state index contributed by atoms with van der Waals surface area (Å²) in [6.45, 7) is 4.76. The van der Waals surface area contributed by atoms with Gasteiger partial charge in [-0.2, -0.15) is 18.2 Å². The minimum absolute atomic E-state index is 0.0529. The van der Waals surface area contributed by atoms with Crippen molar-refractivity contribution in [2.75, 3.05) is 37.1 Å². The maximum atomic E-state index is 13.5. The van der Waals surface area contributed by atoms with Crippen molar-refractivity contribution in [3.8, 4) is 0 Å². The van der Waals surface area contributed by atoms with E-state index in [0.29, 0.717) is 17.5 Å². The van der Waals surface area contributed by atoms with Crippen molar-refractivity contribution in [1.29, 1.82) is 0 Å². The number of nitrogens with one attached hydrogen (secondary N) is 3. The standard InChI is InChI=1S/C18H23F3N5OP/c1-28(2,27)15-8-4-3-7-14(15)25-16-13(18(19,20)21)11-23-17(26-16)24-12-6-5-9-22-10-12/h3-4,7-8,11-12,22H,5-6,9-10H2,1-2H3,(H2,23,24,25,26). The molecule has 1 fully saturated rings. The first-order chi connectivity index (χ1) is 13.1. The van der Waals surface area contributed by atoms with Crippen LogP contribution in [0.1, 0.15) is 18.4 Å². The van der Waals surface area contributed by atoms with Crippen molar-refractivity contribution in [2.24, 2.45) is 0 Å². The summed E-state index contributed by atoms with van der Waals surface area (Å²) in [5, 5.41) is 9.51. The Morgan fingerprint density at radius 3 is 2.64 bits per heavy atom. The Bertz CT molecular complexity index is 878. The van der Waals surface area contributed by atoms with E-state index in [4.69, 9.17) is 0 Å². The van der Waals surface area contributed by atoms with E-state index >= 15 is 0 Å². The first-order valence-electron chi connectivity index (χ1n) is 8.97. The van der Waals surface area contributed by atoms with E-state index in [1.165, 1.54) is 0 Å². The molecule has 6 nitrogen and oxygen atoms in total. The van der Waals surface area contributed by atoms with E-state index in [1.807, 2.05) is 0 Å². The molecule has 1 aliphatic heterocycles. The maximum absolute atomic E-state index is 13.5. The molecule has 0 aliphatic carbocycles. The molecule has 1 aliphatic rings. The number of para-hydroxylation sites is 1. The van der Waals surface area contributed by atoms with Gasteiger partial charge >= 0.3 is 6.18 Å². The van der Waals surface area contributed by atoms with Gasteiger partial charge in [0.1, 0.15) is 18.5 Å². The highest BCUT2D eigenvalue weighted by atomic mass is 31.2. The Morgan fingerprint density at radius 1 is 1.25 bits per heavy atom. The summed E-state index contributed by atoms with van der Waals surface area (Å²) in [6.07, 6.45) is -1.99. The highest BCUT2D eigenvalue weighted by Crippen LogP contribution is 2.40. The smallest absolute Gasteiger partial charge is 0.350 e. The molecule has 152 valence electrons. The van der Waals surface area contributed by atoms with Crippen LogP contribution < -0.4 is 21.3 Å². The lowest BCUT2D eigenvalue weighted by Crippen LogP contribution is -2.38. The molecular formula is C18H23F3N5OP. The van der Waals surface area contributed by atoms with Crippen LogP contribution in [-0.4, -0.2) is 42.4 Å². The summed E-state index contributed by atoms with van der Waals surface area (Å²) in [4.78, 5) is 7.93. The molecular weight excluding hydrogens is 390 g/mol. The highest BCUT2D eigenvalue weighted by molar-refractivity contribution is 7.70. The van der Waals surface area contributed by atoms with Crippen LogP contribution in [0.25, 0.3) is 0 Å². The second-order valence-corrected chi connectivity index (χ2v) is 10.3. The van der Waals surface area contributed by atoms with Crippen LogP contribution in [0.4, 0.5) is 30.6 Å². The number of hydrogen-bond donors (Lipinski definition) is 3. The van der Waals surface area contributed by atoms with E-state index in [9.17, 15) is 17.7 Å².